The van der Waals surface area contributed by atoms with E-state index in [4.69, 9.17) is 0 Å². The topological polar surface area (TPSA) is 34.1 Å². The van der Waals surface area contributed by atoms with Crippen molar-refractivity contribution in [1.29, 1.82) is 0 Å². The molecule has 0 heterocycles. The Morgan fingerprint density at radius 1 is 1.40 bits per heavy atom. The van der Waals surface area contributed by atoms with Crippen molar-refractivity contribution in [3.05, 3.63) is 23.3 Å². The van der Waals surface area contributed by atoms with Crippen LogP contribution in [0, 0.1) is 5.41 Å². The third kappa shape index (κ3) is 2.88. The molecule has 15 heavy (non-hydrogen) atoms. The summed E-state index contributed by atoms with van der Waals surface area (Å²) in [6, 6.07) is 0. The highest BCUT2D eigenvalue weighted by Gasteiger charge is 2.26. The Morgan fingerprint density at radius 3 is 2.60 bits per heavy atom. The predicted molar refractivity (Wildman–Crippen MR) is 60.5 cm³/mol. The molecule has 0 saturated carbocycles. The third-order valence-corrected chi connectivity index (χ3v) is 3.07. The molecule has 82 valence electrons. The smallest absolute Gasteiger partial charge is 0.218 e. The van der Waals surface area contributed by atoms with Gasteiger partial charge in [-0.25, -0.2) is 0 Å². The third-order valence-electron chi connectivity index (χ3n) is 3.07. The van der Waals surface area contributed by atoms with Crippen molar-refractivity contribution < 1.29 is 9.59 Å². The molecule has 0 aromatic heterocycles. The number of rotatable bonds is 3. The molecule has 1 rings (SSSR count). The van der Waals surface area contributed by atoms with Crippen LogP contribution < -0.4 is 0 Å². The van der Waals surface area contributed by atoms with Crippen LogP contribution >= 0.6 is 0 Å². The van der Waals surface area contributed by atoms with Gasteiger partial charge in [0, 0.05) is 0 Å². The number of hydrogen-bond acceptors (Lipinski definition) is 2. The SMILES string of the molecule is CC1=C(C=CC(=O)C=O)C(C)(C)CCC1. The highest BCUT2D eigenvalue weighted by Crippen LogP contribution is 2.40. The summed E-state index contributed by atoms with van der Waals surface area (Å²) in [4.78, 5) is 21.1. The first-order chi connectivity index (χ1) is 6.97. The number of ketones is 1. The molecule has 2 nitrogen and oxygen atoms in total. The van der Waals surface area contributed by atoms with Gasteiger partial charge >= 0.3 is 0 Å². The van der Waals surface area contributed by atoms with E-state index in [0.29, 0.717) is 6.29 Å². The first-order valence-corrected chi connectivity index (χ1v) is 5.35. The van der Waals surface area contributed by atoms with E-state index >= 15 is 0 Å². The fraction of sp³-hybridized carbons (Fsp3) is 0.538. The second-order valence-electron chi connectivity index (χ2n) is 4.78. The normalized spacial score (nSPS) is 20.7. The highest BCUT2D eigenvalue weighted by atomic mass is 16.2. The Hall–Kier alpha value is -1.18. The molecule has 0 bridgehead atoms. The van der Waals surface area contributed by atoms with Crippen molar-refractivity contribution in [3.63, 3.8) is 0 Å². The predicted octanol–water partition coefficient (Wildman–Crippen LogP) is 2.84. The first-order valence-electron chi connectivity index (χ1n) is 5.35. The number of hydrogen-bond donors (Lipinski definition) is 0. The molecular formula is C13H18O2. The van der Waals surface area contributed by atoms with Gasteiger partial charge < -0.3 is 0 Å². The minimum Gasteiger partial charge on any atom is -0.294 e. The summed E-state index contributed by atoms with van der Waals surface area (Å²) in [5.41, 5.74) is 2.67. The fourth-order valence-corrected chi connectivity index (χ4v) is 2.22. The van der Waals surface area contributed by atoms with E-state index < -0.39 is 5.78 Å². The molecule has 0 saturated heterocycles. The quantitative estimate of drug-likeness (QED) is 0.404. The Balaban J connectivity index is 2.94. The van der Waals surface area contributed by atoms with E-state index in [-0.39, 0.29) is 5.41 Å². The van der Waals surface area contributed by atoms with Gasteiger partial charge in [0.05, 0.1) is 0 Å². The fourth-order valence-electron chi connectivity index (χ4n) is 2.22. The number of aldehydes is 1. The van der Waals surface area contributed by atoms with Gasteiger partial charge in [0.2, 0.25) is 5.78 Å². The van der Waals surface area contributed by atoms with Crippen LogP contribution in [-0.2, 0) is 9.59 Å². The molecule has 0 amide bonds. The van der Waals surface area contributed by atoms with Crippen LogP contribution in [0.5, 0.6) is 0 Å². The summed E-state index contributed by atoms with van der Waals surface area (Å²) in [5.74, 6) is -0.461. The zero-order valence-electron chi connectivity index (χ0n) is 9.67. The summed E-state index contributed by atoms with van der Waals surface area (Å²) in [7, 11) is 0. The lowest BCUT2D eigenvalue weighted by molar-refractivity contribution is -0.126. The summed E-state index contributed by atoms with van der Waals surface area (Å²) < 4.78 is 0. The molecule has 0 unspecified atom stereocenters. The molecule has 0 spiro atoms. The van der Waals surface area contributed by atoms with Crippen LogP contribution in [0.15, 0.2) is 23.3 Å². The average Bonchev–Trinajstić information content (AvgIpc) is 2.15. The van der Waals surface area contributed by atoms with Crippen LogP contribution in [-0.4, -0.2) is 12.1 Å². The van der Waals surface area contributed by atoms with Crippen molar-refractivity contribution in [2.45, 2.75) is 40.0 Å². The lowest BCUT2D eigenvalue weighted by atomic mass is 9.72. The summed E-state index contributed by atoms with van der Waals surface area (Å²) in [6.07, 6.45) is 6.97. The van der Waals surface area contributed by atoms with Gasteiger partial charge in [-0.3, -0.25) is 9.59 Å². The molecule has 0 aromatic carbocycles. The maximum absolute atomic E-state index is 10.9. The van der Waals surface area contributed by atoms with E-state index in [1.165, 1.54) is 23.6 Å². The van der Waals surface area contributed by atoms with E-state index in [9.17, 15) is 9.59 Å². The monoisotopic (exact) mass is 206 g/mol. The molecule has 0 fully saturated rings. The Kier molecular flexibility index (Phi) is 3.61. The van der Waals surface area contributed by atoms with Gasteiger partial charge in [0.15, 0.2) is 6.29 Å². The maximum atomic E-state index is 10.9. The van der Waals surface area contributed by atoms with Crippen LogP contribution in [0.3, 0.4) is 0 Å². The van der Waals surface area contributed by atoms with Crippen molar-refractivity contribution in [2.24, 2.45) is 5.41 Å². The van der Waals surface area contributed by atoms with Gasteiger partial charge in [-0.15, -0.1) is 0 Å². The van der Waals surface area contributed by atoms with Gasteiger partial charge in [-0.1, -0.05) is 25.5 Å². The van der Waals surface area contributed by atoms with Crippen LogP contribution in [0.1, 0.15) is 40.0 Å². The summed E-state index contributed by atoms with van der Waals surface area (Å²) >= 11 is 0. The zero-order valence-corrected chi connectivity index (χ0v) is 9.67. The molecule has 1 aliphatic rings. The number of carbonyl (C=O) groups is 2. The highest BCUT2D eigenvalue weighted by molar-refractivity contribution is 6.30. The van der Waals surface area contributed by atoms with Gasteiger partial charge in [-0.05, 0) is 43.3 Å². The standard InChI is InChI=1S/C13H18O2/c1-10-5-4-8-13(2,3)12(10)7-6-11(15)9-14/h6-7,9H,4-5,8H2,1-3H3. The van der Waals surface area contributed by atoms with E-state index in [2.05, 4.69) is 20.8 Å². The minimum atomic E-state index is -0.461. The second-order valence-corrected chi connectivity index (χ2v) is 4.78. The summed E-state index contributed by atoms with van der Waals surface area (Å²) in [6.45, 7) is 6.47. The zero-order chi connectivity index (χ0) is 11.5. The van der Waals surface area contributed by atoms with Gasteiger partial charge in [0.1, 0.15) is 0 Å². The molecule has 0 atom stereocenters. The van der Waals surface area contributed by atoms with E-state index in [0.717, 1.165) is 12.8 Å². The van der Waals surface area contributed by atoms with E-state index in [1.54, 1.807) is 0 Å². The molecule has 0 radical (unpaired) electrons. The maximum Gasteiger partial charge on any atom is 0.218 e. The molecular weight excluding hydrogens is 188 g/mol. The average molecular weight is 206 g/mol. The molecule has 0 N–H and O–H groups in total. The second kappa shape index (κ2) is 4.56. The van der Waals surface area contributed by atoms with E-state index in [1.807, 2.05) is 6.08 Å². The lowest BCUT2D eigenvalue weighted by Crippen LogP contribution is -2.19. The lowest BCUT2D eigenvalue weighted by Gasteiger charge is -2.32. The van der Waals surface area contributed by atoms with Crippen molar-refractivity contribution in [3.8, 4) is 0 Å². The van der Waals surface area contributed by atoms with Crippen LogP contribution in [0.25, 0.3) is 0 Å². The minimum absolute atomic E-state index is 0.127. The van der Waals surface area contributed by atoms with Crippen LogP contribution in [0.2, 0.25) is 0 Å². The van der Waals surface area contributed by atoms with Gasteiger partial charge in [-0.2, -0.15) is 0 Å². The van der Waals surface area contributed by atoms with Crippen molar-refractivity contribution >= 4 is 12.1 Å². The van der Waals surface area contributed by atoms with Crippen molar-refractivity contribution in [2.75, 3.05) is 0 Å². The Morgan fingerprint density at radius 2 is 2.07 bits per heavy atom. The Labute approximate surface area is 91.1 Å². The Bertz CT molecular complexity index is 332. The van der Waals surface area contributed by atoms with Gasteiger partial charge in [0.25, 0.3) is 0 Å². The van der Waals surface area contributed by atoms with Crippen molar-refractivity contribution in [1.82, 2.24) is 0 Å². The molecule has 0 aliphatic heterocycles. The molecule has 1 aliphatic carbocycles. The van der Waals surface area contributed by atoms with Crippen LogP contribution in [0.4, 0.5) is 0 Å². The number of allylic oxidation sites excluding steroid dienone is 4. The number of carbonyl (C=O) groups excluding carboxylic acids is 2. The molecule has 0 aromatic rings. The first kappa shape index (κ1) is 11.9. The molecule has 2 heteroatoms. The largest absolute Gasteiger partial charge is 0.294 e. The summed E-state index contributed by atoms with van der Waals surface area (Å²) in [5, 5.41) is 0.